The third kappa shape index (κ3) is 3.76. The van der Waals surface area contributed by atoms with Gasteiger partial charge in [-0.2, -0.15) is 0 Å². The lowest BCUT2D eigenvalue weighted by molar-refractivity contribution is 0.0390. The lowest BCUT2D eigenvalue weighted by Crippen LogP contribution is -2.49. The van der Waals surface area contributed by atoms with E-state index < -0.39 is 0 Å². The van der Waals surface area contributed by atoms with Gasteiger partial charge in [0.25, 0.3) is 5.91 Å². The van der Waals surface area contributed by atoms with Crippen molar-refractivity contribution in [3.05, 3.63) is 29.3 Å². The third-order valence-corrected chi connectivity index (χ3v) is 6.49. The Labute approximate surface area is 168 Å². The minimum absolute atomic E-state index is 0.167. The van der Waals surface area contributed by atoms with E-state index in [2.05, 4.69) is 4.90 Å². The number of nitrogens with zero attached hydrogens (tertiary/aromatic N) is 2. The molecule has 152 valence electrons. The highest BCUT2D eigenvalue weighted by Crippen LogP contribution is 2.36. The van der Waals surface area contributed by atoms with Crippen LogP contribution in [0.15, 0.2) is 18.2 Å². The third-order valence-electron chi connectivity index (χ3n) is 6.49. The summed E-state index contributed by atoms with van der Waals surface area (Å²) in [5, 5.41) is 0. The van der Waals surface area contributed by atoms with E-state index in [9.17, 15) is 9.59 Å². The molecule has 4 rings (SSSR count). The molecule has 5 nitrogen and oxygen atoms in total. The lowest BCUT2D eigenvalue weighted by Gasteiger charge is -2.44. The number of carbonyl (C=O) groups is 2. The Hall–Kier alpha value is -2.04. The molecule has 0 bridgehead atoms. The van der Waals surface area contributed by atoms with E-state index in [1.165, 1.54) is 25.7 Å². The van der Waals surface area contributed by atoms with Crippen LogP contribution in [0.4, 0.5) is 10.5 Å². The standard InChI is InChI=1S/C23H32N2O3/c1-16(2)15-28-23(27)25-13-11-18-14-19(9-10-21(18)25)22(26)24-12-5-7-17-6-3-4-8-20(17)24/h9-10,14,16-17,20H,3-8,11-13,15H2,1-2H3/t17-,20-/m1/s1. The number of rotatable bonds is 3. The number of piperidine rings is 1. The summed E-state index contributed by atoms with van der Waals surface area (Å²) in [6, 6.07) is 6.24. The van der Waals surface area contributed by atoms with E-state index in [4.69, 9.17) is 4.74 Å². The molecule has 0 spiro atoms. The summed E-state index contributed by atoms with van der Waals surface area (Å²) in [4.78, 5) is 29.5. The minimum atomic E-state index is -0.285. The molecule has 28 heavy (non-hydrogen) atoms. The van der Waals surface area contributed by atoms with E-state index in [-0.39, 0.29) is 12.0 Å². The molecule has 3 aliphatic rings. The van der Waals surface area contributed by atoms with E-state index >= 15 is 0 Å². The Morgan fingerprint density at radius 3 is 2.71 bits per heavy atom. The van der Waals surface area contributed by atoms with Crippen molar-refractivity contribution in [2.45, 2.75) is 64.8 Å². The van der Waals surface area contributed by atoms with Crippen molar-refractivity contribution in [2.24, 2.45) is 11.8 Å². The van der Waals surface area contributed by atoms with Gasteiger partial charge in [0.2, 0.25) is 0 Å². The second kappa shape index (κ2) is 8.14. The van der Waals surface area contributed by atoms with Gasteiger partial charge in [-0.05, 0) is 67.7 Å². The first-order valence-electron chi connectivity index (χ1n) is 10.9. The number of carbonyl (C=O) groups excluding carboxylic acids is 2. The zero-order valence-electron chi connectivity index (χ0n) is 17.2. The highest BCUT2D eigenvalue weighted by atomic mass is 16.6. The largest absolute Gasteiger partial charge is 0.449 e. The van der Waals surface area contributed by atoms with Crippen LogP contribution < -0.4 is 4.90 Å². The van der Waals surface area contributed by atoms with Crippen molar-refractivity contribution in [1.82, 2.24) is 4.90 Å². The van der Waals surface area contributed by atoms with Crippen LogP contribution in [0, 0.1) is 11.8 Å². The molecule has 1 aromatic carbocycles. The van der Waals surface area contributed by atoms with E-state index in [0.717, 1.165) is 42.6 Å². The molecule has 2 aliphatic heterocycles. The van der Waals surface area contributed by atoms with Crippen molar-refractivity contribution in [2.75, 3.05) is 24.6 Å². The number of benzene rings is 1. The van der Waals surface area contributed by atoms with Gasteiger partial charge in [-0.15, -0.1) is 0 Å². The molecule has 1 aromatic rings. The molecule has 2 amide bonds. The summed E-state index contributed by atoms with van der Waals surface area (Å²) >= 11 is 0. The predicted octanol–water partition coefficient (Wildman–Crippen LogP) is 4.64. The summed E-state index contributed by atoms with van der Waals surface area (Å²) in [5.74, 6) is 1.17. The summed E-state index contributed by atoms with van der Waals surface area (Å²) in [7, 11) is 0. The summed E-state index contributed by atoms with van der Waals surface area (Å²) in [6.45, 7) is 5.99. The van der Waals surface area contributed by atoms with Gasteiger partial charge in [-0.1, -0.05) is 26.7 Å². The van der Waals surface area contributed by atoms with Crippen molar-refractivity contribution in [1.29, 1.82) is 0 Å². The van der Waals surface area contributed by atoms with E-state index in [0.29, 0.717) is 31.0 Å². The molecule has 2 heterocycles. The zero-order valence-corrected chi connectivity index (χ0v) is 17.2. The molecule has 0 radical (unpaired) electrons. The Morgan fingerprint density at radius 1 is 1.11 bits per heavy atom. The molecule has 5 heteroatoms. The van der Waals surface area contributed by atoms with Crippen LogP contribution in [0.1, 0.15) is 68.3 Å². The number of hydrogen-bond acceptors (Lipinski definition) is 3. The van der Waals surface area contributed by atoms with Gasteiger partial charge in [-0.3, -0.25) is 9.69 Å². The van der Waals surface area contributed by atoms with Crippen molar-refractivity contribution >= 4 is 17.7 Å². The van der Waals surface area contributed by atoms with Crippen LogP contribution in [0.25, 0.3) is 0 Å². The van der Waals surface area contributed by atoms with E-state index in [1.807, 2.05) is 32.0 Å². The number of hydrogen-bond donors (Lipinski definition) is 0. The van der Waals surface area contributed by atoms with Crippen LogP contribution in [0.3, 0.4) is 0 Å². The monoisotopic (exact) mass is 384 g/mol. The van der Waals surface area contributed by atoms with Crippen LogP contribution >= 0.6 is 0 Å². The highest BCUT2D eigenvalue weighted by Gasteiger charge is 2.36. The van der Waals surface area contributed by atoms with Crippen molar-refractivity contribution in [3.63, 3.8) is 0 Å². The fraction of sp³-hybridized carbons (Fsp3) is 0.652. The lowest BCUT2D eigenvalue weighted by atomic mass is 9.78. The molecule has 0 aromatic heterocycles. The Morgan fingerprint density at radius 2 is 1.89 bits per heavy atom. The number of likely N-dealkylation sites (tertiary alicyclic amines) is 1. The van der Waals surface area contributed by atoms with Crippen LogP contribution in [-0.4, -0.2) is 42.6 Å². The number of ether oxygens (including phenoxy) is 1. The first-order chi connectivity index (χ1) is 13.5. The summed E-state index contributed by atoms with van der Waals surface area (Å²) in [5.41, 5.74) is 2.73. The molecule has 2 fully saturated rings. The topological polar surface area (TPSA) is 49.9 Å². The first kappa shape index (κ1) is 19.3. The molecule has 0 unspecified atom stereocenters. The highest BCUT2D eigenvalue weighted by molar-refractivity contribution is 5.97. The molecular formula is C23H32N2O3. The second-order valence-electron chi connectivity index (χ2n) is 8.97. The average molecular weight is 385 g/mol. The normalized spacial score (nSPS) is 24.1. The van der Waals surface area contributed by atoms with E-state index in [1.54, 1.807) is 4.90 Å². The van der Waals surface area contributed by atoms with Gasteiger partial charge in [0, 0.05) is 24.7 Å². The smallest absolute Gasteiger partial charge is 0.414 e. The van der Waals surface area contributed by atoms with Crippen molar-refractivity contribution < 1.29 is 14.3 Å². The maximum atomic E-state index is 13.3. The van der Waals surface area contributed by atoms with Crippen LogP contribution in [0.2, 0.25) is 0 Å². The van der Waals surface area contributed by atoms with Gasteiger partial charge < -0.3 is 9.64 Å². The van der Waals surface area contributed by atoms with Gasteiger partial charge in [0.15, 0.2) is 0 Å². The Balaban J connectivity index is 1.48. The Bertz CT molecular complexity index is 743. The summed E-state index contributed by atoms with van der Waals surface area (Å²) < 4.78 is 5.39. The zero-order chi connectivity index (χ0) is 19.7. The predicted molar refractivity (Wildman–Crippen MR) is 110 cm³/mol. The fourth-order valence-corrected chi connectivity index (χ4v) is 5.08. The average Bonchev–Trinajstić information content (AvgIpc) is 3.14. The molecule has 1 saturated heterocycles. The molecule has 0 N–H and O–H groups in total. The second-order valence-corrected chi connectivity index (χ2v) is 8.97. The van der Waals surface area contributed by atoms with Crippen molar-refractivity contribution in [3.8, 4) is 0 Å². The quantitative estimate of drug-likeness (QED) is 0.763. The number of amides is 2. The maximum absolute atomic E-state index is 13.3. The SMILES string of the molecule is CC(C)COC(=O)N1CCc2cc(C(=O)N3CCC[C@H]4CCCC[C@H]43)ccc21. The van der Waals surface area contributed by atoms with Gasteiger partial charge >= 0.3 is 6.09 Å². The Kier molecular flexibility index (Phi) is 5.61. The molecule has 1 saturated carbocycles. The van der Waals surface area contributed by atoms with Crippen LogP contribution in [-0.2, 0) is 11.2 Å². The van der Waals surface area contributed by atoms with Gasteiger partial charge in [-0.25, -0.2) is 4.79 Å². The maximum Gasteiger partial charge on any atom is 0.414 e. The molecular weight excluding hydrogens is 352 g/mol. The molecule has 1 aliphatic carbocycles. The van der Waals surface area contributed by atoms with Gasteiger partial charge in [0.1, 0.15) is 0 Å². The summed E-state index contributed by atoms with van der Waals surface area (Å²) in [6.07, 6.45) is 7.85. The molecule has 2 atom stereocenters. The fourth-order valence-electron chi connectivity index (χ4n) is 5.08. The number of fused-ring (bicyclic) bond motifs is 2. The van der Waals surface area contributed by atoms with Crippen LogP contribution in [0.5, 0.6) is 0 Å². The minimum Gasteiger partial charge on any atom is -0.449 e. The number of anilines is 1. The van der Waals surface area contributed by atoms with Gasteiger partial charge in [0.05, 0.1) is 12.3 Å². The first-order valence-corrected chi connectivity index (χ1v) is 10.9.